The van der Waals surface area contributed by atoms with Crippen molar-refractivity contribution in [1.29, 1.82) is 0 Å². The average Bonchev–Trinajstić information content (AvgIpc) is 2.45. The van der Waals surface area contributed by atoms with Crippen molar-refractivity contribution in [2.75, 3.05) is 11.5 Å². The van der Waals surface area contributed by atoms with Crippen LogP contribution in [0.15, 0.2) is 25.3 Å². The fourth-order valence-electron chi connectivity index (χ4n) is 1.09. The molecule has 0 amide bonds. The SMILES string of the molecule is C=CCSCC=C.S.[CH2-]CCCCC.[CH2-]CCCCC.[Pd+2]. The normalized spacial score (nSPS) is 7.81. The van der Waals surface area contributed by atoms with E-state index in [0.29, 0.717) is 0 Å². The van der Waals surface area contributed by atoms with E-state index in [-0.39, 0.29) is 33.9 Å². The van der Waals surface area contributed by atoms with Crippen LogP contribution >= 0.6 is 25.3 Å². The van der Waals surface area contributed by atoms with Crippen molar-refractivity contribution < 1.29 is 20.4 Å². The molecule has 0 aromatic rings. The predicted octanol–water partition coefficient (Wildman–Crippen LogP) is 7.00. The second-order valence-corrected chi connectivity index (χ2v) is 5.31. The fourth-order valence-corrected chi connectivity index (χ4v) is 1.56. The van der Waals surface area contributed by atoms with Crippen LogP contribution in [0.2, 0.25) is 0 Å². The molecule has 0 aliphatic heterocycles. The van der Waals surface area contributed by atoms with Gasteiger partial charge in [-0.1, -0.05) is 64.5 Å². The average molecular weight is 425 g/mol. The molecule has 21 heavy (non-hydrogen) atoms. The number of rotatable bonds is 10. The van der Waals surface area contributed by atoms with Gasteiger partial charge in [-0.25, -0.2) is 0 Å². The van der Waals surface area contributed by atoms with Crippen molar-refractivity contribution in [3.05, 3.63) is 39.2 Å². The van der Waals surface area contributed by atoms with E-state index in [4.69, 9.17) is 0 Å². The van der Waals surface area contributed by atoms with Crippen LogP contribution in [0.3, 0.4) is 0 Å². The topological polar surface area (TPSA) is 0 Å². The summed E-state index contributed by atoms with van der Waals surface area (Å²) in [4.78, 5) is 0. The molecule has 0 fully saturated rings. The third kappa shape index (κ3) is 62.9. The van der Waals surface area contributed by atoms with Crippen molar-refractivity contribution in [1.82, 2.24) is 0 Å². The van der Waals surface area contributed by atoms with Gasteiger partial charge in [0.25, 0.3) is 0 Å². The summed E-state index contributed by atoms with van der Waals surface area (Å²) in [6.07, 6.45) is 13.9. The summed E-state index contributed by atoms with van der Waals surface area (Å²) in [5.41, 5.74) is 0. The van der Waals surface area contributed by atoms with E-state index >= 15 is 0 Å². The zero-order chi connectivity index (χ0) is 15.2. The molecule has 0 rings (SSSR count). The summed E-state index contributed by atoms with van der Waals surface area (Å²) >= 11 is 1.82. The third-order valence-electron chi connectivity index (χ3n) is 2.18. The Hall–Kier alpha value is 0.842. The van der Waals surface area contributed by atoms with Crippen molar-refractivity contribution in [3.63, 3.8) is 0 Å². The van der Waals surface area contributed by atoms with Gasteiger partial charge in [-0.2, -0.15) is 38.1 Å². The maximum atomic E-state index is 3.72. The van der Waals surface area contributed by atoms with E-state index in [1.54, 1.807) is 0 Å². The molecule has 0 aliphatic rings. The minimum atomic E-state index is 0. The first-order chi connectivity index (χ1) is 9.24. The molecule has 3 heteroatoms. The van der Waals surface area contributed by atoms with E-state index in [0.717, 1.165) is 24.3 Å². The molecule has 0 spiro atoms. The molecule has 0 aliphatic carbocycles. The molecule has 0 unspecified atom stereocenters. The summed E-state index contributed by atoms with van der Waals surface area (Å²) in [7, 11) is 0. The molecule has 0 N–H and O–H groups in total. The molecule has 0 aromatic carbocycles. The Morgan fingerprint density at radius 2 is 1.14 bits per heavy atom. The van der Waals surface area contributed by atoms with E-state index in [9.17, 15) is 0 Å². The van der Waals surface area contributed by atoms with Gasteiger partial charge in [0.2, 0.25) is 0 Å². The van der Waals surface area contributed by atoms with Crippen LogP contribution in [-0.4, -0.2) is 11.5 Å². The molecule has 132 valence electrons. The summed E-state index contributed by atoms with van der Waals surface area (Å²) in [6.45, 7) is 19.0. The Labute approximate surface area is 161 Å². The number of thioether (sulfide) groups is 1. The number of hydrogen-bond donors (Lipinski definition) is 0. The first kappa shape index (κ1) is 33.4. The summed E-state index contributed by atoms with van der Waals surface area (Å²) < 4.78 is 0. The van der Waals surface area contributed by atoms with Crippen molar-refractivity contribution in [2.24, 2.45) is 0 Å². The zero-order valence-electron chi connectivity index (χ0n) is 14.3. The third-order valence-corrected chi connectivity index (χ3v) is 3.12. The zero-order valence-corrected chi connectivity index (χ0v) is 17.6. The van der Waals surface area contributed by atoms with Gasteiger partial charge in [-0.15, -0.1) is 13.2 Å². The van der Waals surface area contributed by atoms with Gasteiger partial charge < -0.3 is 13.8 Å². The molecule has 0 saturated carbocycles. The summed E-state index contributed by atoms with van der Waals surface area (Å²) in [5, 5.41) is 0. The van der Waals surface area contributed by atoms with E-state index < -0.39 is 0 Å². The smallest absolute Gasteiger partial charge is 0.343 e. The molecule has 0 bridgehead atoms. The first-order valence-corrected chi connectivity index (χ1v) is 8.78. The van der Waals surface area contributed by atoms with Crippen LogP contribution in [0.5, 0.6) is 0 Å². The molecular weight excluding hydrogens is 387 g/mol. The minimum Gasteiger partial charge on any atom is -0.343 e. The molecule has 0 aromatic heterocycles. The standard InChI is InChI=1S/C6H10S.2C6H13.Pd.H2S/c1-3-5-7-6-4-2;2*1-3-5-6-4-2;;/h3-4H,1-2,5-6H2;2*1,3-6H2,2H3;;1H2/q;2*-1;+2;. The minimum absolute atomic E-state index is 0. The van der Waals surface area contributed by atoms with E-state index in [1.807, 2.05) is 23.9 Å². The molecule has 0 nitrogen and oxygen atoms in total. The van der Waals surface area contributed by atoms with E-state index in [2.05, 4.69) is 40.9 Å². The maximum absolute atomic E-state index is 3.72. The van der Waals surface area contributed by atoms with Crippen LogP contribution in [0.25, 0.3) is 0 Å². The molecule has 0 saturated heterocycles. The summed E-state index contributed by atoms with van der Waals surface area (Å²) in [5.74, 6) is 2.07. The van der Waals surface area contributed by atoms with Gasteiger partial charge in [0, 0.05) is 11.5 Å². The van der Waals surface area contributed by atoms with Crippen LogP contribution in [0, 0.1) is 13.8 Å². The van der Waals surface area contributed by atoms with Gasteiger partial charge in [-0.3, -0.25) is 0 Å². The van der Waals surface area contributed by atoms with Crippen LogP contribution < -0.4 is 0 Å². The molecular formula is C18H38PdS2. The van der Waals surface area contributed by atoms with Crippen molar-refractivity contribution in [2.45, 2.75) is 65.2 Å². The van der Waals surface area contributed by atoms with E-state index in [1.165, 1.54) is 38.5 Å². The Kier molecular flexibility index (Phi) is 68.2. The van der Waals surface area contributed by atoms with Crippen molar-refractivity contribution >= 4 is 25.3 Å². The molecule has 0 radical (unpaired) electrons. The Bertz CT molecular complexity index is 126. The quantitative estimate of drug-likeness (QED) is 0.157. The second-order valence-electron chi connectivity index (χ2n) is 4.24. The monoisotopic (exact) mass is 424 g/mol. The number of hydrogen-bond acceptors (Lipinski definition) is 1. The van der Waals surface area contributed by atoms with Crippen LogP contribution in [0.4, 0.5) is 0 Å². The summed E-state index contributed by atoms with van der Waals surface area (Å²) in [6, 6.07) is 0. The Morgan fingerprint density at radius 3 is 1.29 bits per heavy atom. The Balaban J connectivity index is -0.0000000584. The second kappa shape index (κ2) is 42.8. The first-order valence-electron chi connectivity index (χ1n) is 7.62. The predicted molar refractivity (Wildman–Crippen MR) is 107 cm³/mol. The molecule has 0 atom stereocenters. The number of unbranched alkanes of at least 4 members (excludes halogenated alkanes) is 6. The van der Waals surface area contributed by atoms with Crippen LogP contribution in [0.1, 0.15) is 65.2 Å². The molecule has 0 heterocycles. The maximum Gasteiger partial charge on any atom is 2.00 e. The van der Waals surface area contributed by atoms with Gasteiger partial charge >= 0.3 is 20.4 Å². The van der Waals surface area contributed by atoms with Gasteiger partial charge in [-0.05, 0) is 0 Å². The van der Waals surface area contributed by atoms with Gasteiger partial charge in [0.1, 0.15) is 0 Å². The largest absolute Gasteiger partial charge is 2.00 e. The fraction of sp³-hybridized carbons (Fsp3) is 0.667. The van der Waals surface area contributed by atoms with Crippen molar-refractivity contribution in [3.8, 4) is 0 Å². The Morgan fingerprint density at radius 1 is 0.810 bits per heavy atom. The van der Waals surface area contributed by atoms with Crippen LogP contribution in [-0.2, 0) is 20.4 Å². The van der Waals surface area contributed by atoms with Gasteiger partial charge in [0.05, 0.1) is 0 Å². The van der Waals surface area contributed by atoms with Gasteiger partial charge in [0.15, 0.2) is 0 Å².